The number of H-pyrrole nitrogens is 2. The van der Waals surface area contributed by atoms with Gasteiger partial charge in [-0.2, -0.15) is 0 Å². The molecule has 9 heteroatoms. The summed E-state index contributed by atoms with van der Waals surface area (Å²) in [7, 11) is 0. The van der Waals surface area contributed by atoms with Crippen LogP contribution in [0.15, 0.2) is 0 Å². The summed E-state index contributed by atoms with van der Waals surface area (Å²) in [6.45, 7) is 9.08. The van der Waals surface area contributed by atoms with Gasteiger partial charge in [-0.15, -0.1) is 0 Å². The molecule has 0 aliphatic heterocycles. The van der Waals surface area contributed by atoms with Gasteiger partial charge in [0.25, 0.3) is 0 Å². The Morgan fingerprint density at radius 3 is 1.68 bits per heavy atom. The number of rotatable bonds is 7. The quantitative estimate of drug-likeness (QED) is 0.339. The van der Waals surface area contributed by atoms with E-state index in [1.165, 1.54) is 0 Å². The van der Waals surface area contributed by atoms with E-state index in [0.29, 0.717) is 22.4 Å². The smallest absolute Gasteiger partial charge is 0.355 e. The zero-order valence-electron chi connectivity index (χ0n) is 16.4. The van der Waals surface area contributed by atoms with Gasteiger partial charge >= 0.3 is 17.9 Å². The summed E-state index contributed by atoms with van der Waals surface area (Å²) in [5, 5.41) is 0. The van der Waals surface area contributed by atoms with Crippen LogP contribution in [0.2, 0.25) is 0 Å². The molecule has 2 N–H and O–H groups in total. The number of carbonyl (C=O) groups excluding carboxylic acids is 3. The van der Waals surface area contributed by atoms with Crippen LogP contribution in [0.25, 0.3) is 11.4 Å². The molecule has 2 aromatic heterocycles. The van der Waals surface area contributed by atoms with Crippen molar-refractivity contribution in [3.05, 3.63) is 31.6 Å². The number of hydrogen-bond donors (Lipinski definition) is 2. The Labute approximate surface area is 176 Å². The number of halogens is 1. The SMILES string of the molecule is CCOC(=O)c1[nH]c(-c2[nH]c(I)c(C)c2C(=O)OCC)c(C(=O)OCC)c1C. The van der Waals surface area contributed by atoms with E-state index in [4.69, 9.17) is 14.2 Å². The summed E-state index contributed by atoms with van der Waals surface area (Å²) >= 11 is 2.06. The Morgan fingerprint density at radius 2 is 1.18 bits per heavy atom. The summed E-state index contributed by atoms with van der Waals surface area (Å²) in [6.07, 6.45) is 0. The lowest BCUT2D eigenvalue weighted by molar-refractivity contribution is 0.0511. The minimum atomic E-state index is -0.598. The van der Waals surface area contributed by atoms with Crippen LogP contribution < -0.4 is 0 Å². The molecule has 0 fully saturated rings. The largest absolute Gasteiger partial charge is 0.462 e. The van der Waals surface area contributed by atoms with Crippen LogP contribution in [0.4, 0.5) is 0 Å². The molecule has 0 unspecified atom stereocenters. The molecular weight excluding hydrogens is 479 g/mol. The molecule has 0 saturated heterocycles. The predicted molar refractivity (Wildman–Crippen MR) is 111 cm³/mol. The zero-order chi connectivity index (χ0) is 21.0. The van der Waals surface area contributed by atoms with Crippen molar-refractivity contribution in [1.29, 1.82) is 0 Å². The highest BCUT2D eigenvalue weighted by Gasteiger charge is 2.31. The maximum Gasteiger partial charge on any atom is 0.355 e. The van der Waals surface area contributed by atoms with E-state index in [0.717, 1.165) is 3.70 Å². The number of esters is 3. The van der Waals surface area contributed by atoms with Crippen LogP contribution in [0.5, 0.6) is 0 Å². The molecule has 2 aromatic rings. The number of aromatic nitrogens is 2. The number of ether oxygens (including phenoxy) is 3. The van der Waals surface area contributed by atoms with E-state index in [-0.39, 0.29) is 36.8 Å². The van der Waals surface area contributed by atoms with Gasteiger partial charge in [0, 0.05) is 0 Å². The Bertz CT molecular complexity index is 912. The number of hydrogen-bond acceptors (Lipinski definition) is 6. The Kier molecular flexibility index (Phi) is 7.28. The molecule has 2 rings (SSSR count). The van der Waals surface area contributed by atoms with Gasteiger partial charge in [0.1, 0.15) is 5.69 Å². The first-order valence-electron chi connectivity index (χ1n) is 8.90. The maximum atomic E-state index is 12.6. The molecule has 28 heavy (non-hydrogen) atoms. The van der Waals surface area contributed by atoms with Crippen molar-refractivity contribution >= 4 is 40.5 Å². The van der Waals surface area contributed by atoms with E-state index in [2.05, 4.69) is 32.6 Å². The summed E-state index contributed by atoms with van der Waals surface area (Å²) in [6, 6.07) is 0. The lowest BCUT2D eigenvalue weighted by atomic mass is 10.0. The van der Waals surface area contributed by atoms with Crippen molar-refractivity contribution in [1.82, 2.24) is 9.97 Å². The fraction of sp³-hybridized carbons (Fsp3) is 0.421. The van der Waals surface area contributed by atoms with Crippen LogP contribution in [-0.2, 0) is 14.2 Å². The first-order chi connectivity index (χ1) is 13.3. The van der Waals surface area contributed by atoms with Gasteiger partial charge in [0.2, 0.25) is 0 Å². The average Bonchev–Trinajstić information content (AvgIpc) is 3.13. The lowest BCUT2D eigenvalue weighted by Gasteiger charge is -2.07. The van der Waals surface area contributed by atoms with Crippen LogP contribution in [0, 0.1) is 17.5 Å². The molecule has 0 spiro atoms. The number of carbonyl (C=O) groups is 3. The highest BCUT2D eigenvalue weighted by Crippen LogP contribution is 2.34. The van der Waals surface area contributed by atoms with E-state index >= 15 is 0 Å². The normalized spacial score (nSPS) is 10.6. The third-order valence-corrected chi connectivity index (χ3v) is 5.21. The van der Waals surface area contributed by atoms with Crippen molar-refractivity contribution in [2.75, 3.05) is 19.8 Å². The fourth-order valence-electron chi connectivity index (χ4n) is 2.86. The summed E-state index contributed by atoms with van der Waals surface area (Å²) < 4.78 is 16.1. The van der Waals surface area contributed by atoms with Crippen LogP contribution in [-0.4, -0.2) is 47.7 Å². The van der Waals surface area contributed by atoms with Crippen molar-refractivity contribution in [3.63, 3.8) is 0 Å². The molecular formula is C19H23IN2O6. The summed E-state index contributed by atoms with van der Waals surface area (Å²) in [5.74, 6) is -1.71. The van der Waals surface area contributed by atoms with Crippen LogP contribution in [0.1, 0.15) is 63.1 Å². The molecule has 0 bridgehead atoms. The third-order valence-electron chi connectivity index (χ3n) is 4.13. The monoisotopic (exact) mass is 502 g/mol. The Hall–Kier alpha value is -2.30. The summed E-state index contributed by atoms with van der Waals surface area (Å²) in [4.78, 5) is 43.6. The van der Waals surface area contributed by atoms with Gasteiger partial charge in [-0.3, -0.25) is 0 Å². The first kappa shape index (κ1) is 22.0. The molecule has 0 atom stereocenters. The van der Waals surface area contributed by atoms with Gasteiger partial charge in [0.05, 0.1) is 46.0 Å². The highest BCUT2D eigenvalue weighted by atomic mass is 127. The third kappa shape index (κ3) is 4.08. The molecule has 0 aliphatic rings. The fourth-order valence-corrected chi connectivity index (χ4v) is 3.40. The van der Waals surface area contributed by atoms with Crippen LogP contribution >= 0.6 is 22.6 Å². The molecule has 8 nitrogen and oxygen atoms in total. The molecule has 0 aliphatic carbocycles. The predicted octanol–water partition coefficient (Wildman–Crippen LogP) is 3.76. The summed E-state index contributed by atoms with van der Waals surface area (Å²) in [5.41, 5.74) is 2.34. The average molecular weight is 502 g/mol. The minimum absolute atomic E-state index is 0.136. The van der Waals surface area contributed by atoms with Crippen molar-refractivity contribution in [2.24, 2.45) is 0 Å². The van der Waals surface area contributed by atoms with E-state index in [9.17, 15) is 14.4 Å². The topological polar surface area (TPSA) is 110 Å². The van der Waals surface area contributed by atoms with E-state index < -0.39 is 17.9 Å². The standard InChI is InChI=1S/C19H23IN2O6/c1-6-26-17(23)11-9(4)13(19(25)28-8-3)21-14(11)15-12(18(24)27-7-2)10(5)16(20)22-15/h21-22H,6-8H2,1-5H3. The van der Waals surface area contributed by atoms with E-state index in [1.807, 2.05) is 0 Å². The number of nitrogens with one attached hydrogen (secondary N) is 2. The minimum Gasteiger partial charge on any atom is -0.462 e. The highest BCUT2D eigenvalue weighted by molar-refractivity contribution is 14.1. The maximum absolute atomic E-state index is 12.6. The van der Waals surface area contributed by atoms with Gasteiger partial charge in [-0.25, -0.2) is 14.4 Å². The Balaban J connectivity index is 2.76. The second-order valence-electron chi connectivity index (χ2n) is 5.85. The molecule has 0 aromatic carbocycles. The second-order valence-corrected chi connectivity index (χ2v) is 6.93. The Morgan fingerprint density at radius 1 is 0.750 bits per heavy atom. The molecule has 0 saturated carbocycles. The molecule has 2 heterocycles. The van der Waals surface area contributed by atoms with Gasteiger partial charge in [-0.1, -0.05) is 0 Å². The molecule has 0 amide bonds. The van der Waals surface area contributed by atoms with Crippen molar-refractivity contribution < 1.29 is 28.6 Å². The first-order valence-corrected chi connectivity index (χ1v) is 9.98. The number of aromatic amines is 2. The van der Waals surface area contributed by atoms with Crippen molar-refractivity contribution in [2.45, 2.75) is 34.6 Å². The lowest BCUT2D eigenvalue weighted by Crippen LogP contribution is -2.10. The van der Waals surface area contributed by atoms with Gasteiger partial charge < -0.3 is 24.2 Å². The van der Waals surface area contributed by atoms with Gasteiger partial charge in [0.15, 0.2) is 0 Å². The van der Waals surface area contributed by atoms with Crippen LogP contribution in [0.3, 0.4) is 0 Å². The van der Waals surface area contributed by atoms with Gasteiger partial charge in [-0.05, 0) is 68.3 Å². The molecule has 152 valence electrons. The van der Waals surface area contributed by atoms with E-state index in [1.54, 1.807) is 34.6 Å². The zero-order valence-corrected chi connectivity index (χ0v) is 18.6. The molecule has 0 radical (unpaired) electrons. The van der Waals surface area contributed by atoms with Crippen molar-refractivity contribution in [3.8, 4) is 11.4 Å². The second kappa shape index (κ2) is 9.26.